The standard InChI is InChI=1S/C13H19FN2O3S/c1-4-8(2)16-13(17)9(3)20(18,19)12-6-10(14)5-11(15)7-12/h5-9H,4,15H2,1-3H3,(H,16,17). The summed E-state index contributed by atoms with van der Waals surface area (Å²) in [6.07, 6.45) is 0.686. The fourth-order valence-corrected chi connectivity index (χ4v) is 2.89. The van der Waals surface area contributed by atoms with Gasteiger partial charge >= 0.3 is 0 Å². The van der Waals surface area contributed by atoms with Crippen molar-refractivity contribution in [2.75, 3.05) is 5.73 Å². The van der Waals surface area contributed by atoms with E-state index in [9.17, 15) is 17.6 Å². The van der Waals surface area contributed by atoms with E-state index in [-0.39, 0.29) is 16.6 Å². The minimum absolute atomic E-state index is 0.00175. The van der Waals surface area contributed by atoms with E-state index in [2.05, 4.69) is 5.32 Å². The van der Waals surface area contributed by atoms with Gasteiger partial charge < -0.3 is 11.1 Å². The first kappa shape index (κ1) is 16.4. The molecule has 2 atom stereocenters. The SMILES string of the molecule is CCC(C)NC(=O)C(C)S(=O)(=O)c1cc(N)cc(F)c1. The number of sulfone groups is 1. The Balaban J connectivity index is 3.06. The third-order valence-corrected chi connectivity index (χ3v) is 5.10. The van der Waals surface area contributed by atoms with Gasteiger partial charge in [-0.05, 0) is 38.5 Å². The Morgan fingerprint density at radius 3 is 2.45 bits per heavy atom. The lowest BCUT2D eigenvalue weighted by molar-refractivity contribution is -0.121. The molecule has 0 radical (unpaired) electrons. The summed E-state index contributed by atoms with van der Waals surface area (Å²) in [7, 11) is -3.97. The van der Waals surface area contributed by atoms with Crippen LogP contribution in [-0.4, -0.2) is 25.6 Å². The molecule has 0 saturated heterocycles. The van der Waals surface area contributed by atoms with Crippen molar-refractivity contribution in [2.45, 2.75) is 43.4 Å². The molecule has 1 rings (SSSR count). The third-order valence-electron chi connectivity index (χ3n) is 3.06. The maximum absolute atomic E-state index is 13.2. The Morgan fingerprint density at radius 2 is 1.95 bits per heavy atom. The van der Waals surface area contributed by atoms with Gasteiger partial charge in [-0.25, -0.2) is 12.8 Å². The zero-order valence-corrected chi connectivity index (χ0v) is 12.5. The van der Waals surface area contributed by atoms with E-state index in [1.807, 2.05) is 6.92 Å². The summed E-state index contributed by atoms with van der Waals surface area (Å²) < 4.78 is 37.8. The van der Waals surface area contributed by atoms with Crippen molar-refractivity contribution in [1.82, 2.24) is 5.32 Å². The minimum atomic E-state index is -3.97. The predicted octanol–water partition coefficient (Wildman–Crippen LogP) is 1.48. The summed E-state index contributed by atoms with van der Waals surface area (Å²) in [5, 5.41) is 1.28. The van der Waals surface area contributed by atoms with Crippen LogP contribution < -0.4 is 11.1 Å². The Morgan fingerprint density at radius 1 is 1.35 bits per heavy atom. The fraction of sp³-hybridized carbons (Fsp3) is 0.462. The molecule has 0 spiro atoms. The van der Waals surface area contributed by atoms with Crippen molar-refractivity contribution in [3.63, 3.8) is 0 Å². The Bertz CT molecular complexity index is 581. The van der Waals surface area contributed by atoms with Gasteiger partial charge in [0.05, 0.1) is 4.90 Å². The molecule has 0 aliphatic heterocycles. The number of carbonyl (C=O) groups is 1. The number of halogens is 1. The van der Waals surface area contributed by atoms with E-state index < -0.39 is 26.8 Å². The number of nitrogen functional groups attached to an aromatic ring is 1. The molecule has 0 aliphatic rings. The van der Waals surface area contributed by atoms with Crippen LogP contribution in [0.2, 0.25) is 0 Å². The Kier molecular flexibility index (Phi) is 5.10. The first-order valence-corrected chi connectivity index (χ1v) is 7.83. The Labute approximate surface area is 118 Å². The van der Waals surface area contributed by atoms with Crippen LogP contribution in [0, 0.1) is 5.82 Å². The number of anilines is 1. The molecule has 112 valence electrons. The van der Waals surface area contributed by atoms with E-state index in [1.54, 1.807) is 6.92 Å². The lowest BCUT2D eigenvalue weighted by Gasteiger charge is -2.17. The van der Waals surface area contributed by atoms with Gasteiger partial charge in [-0.15, -0.1) is 0 Å². The zero-order valence-electron chi connectivity index (χ0n) is 11.7. The fourth-order valence-electron chi connectivity index (χ4n) is 1.56. The number of nitrogens with two attached hydrogens (primary N) is 1. The number of hydrogen-bond donors (Lipinski definition) is 2. The van der Waals surface area contributed by atoms with Gasteiger partial charge in [-0.1, -0.05) is 6.92 Å². The van der Waals surface area contributed by atoms with Crippen LogP contribution in [0.4, 0.5) is 10.1 Å². The van der Waals surface area contributed by atoms with Gasteiger partial charge in [0, 0.05) is 11.7 Å². The molecule has 0 bridgehead atoms. The smallest absolute Gasteiger partial charge is 0.238 e. The molecular formula is C13H19FN2O3S. The molecule has 7 heteroatoms. The second-order valence-electron chi connectivity index (χ2n) is 4.73. The first-order valence-electron chi connectivity index (χ1n) is 6.28. The quantitative estimate of drug-likeness (QED) is 0.806. The molecule has 0 heterocycles. The minimum Gasteiger partial charge on any atom is -0.399 e. The van der Waals surface area contributed by atoms with Crippen molar-refractivity contribution in [1.29, 1.82) is 0 Å². The van der Waals surface area contributed by atoms with Gasteiger partial charge in [-0.3, -0.25) is 4.79 Å². The number of amides is 1. The predicted molar refractivity (Wildman–Crippen MR) is 75.4 cm³/mol. The van der Waals surface area contributed by atoms with Gasteiger partial charge in [0.1, 0.15) is 11.1 Å². The van der Waals surface area contributed by atoms with E-state index in [0.717, 1.165) is 18.2 Å². The topological polar surface area (TPSA) is 89.3 Å². The summed E-state index contributed by atoms with van der Waals surface area (Å²) in [5.74, 6) is -1.36. The van der Waals surface area contributed by atoms with E-state index in [1.165, 1.54) is 6.92 Å². The lowest BCUT2D eigenvalue weighted by Crippen LogP contribution is -2.42. The summed E-state index contributed by atoms with van der Waals surface area (Å²) in [5.41, 5.74) is 5.43. The Hall–Kier alpha value is -1.63. The molecule has 2 unspecified atom stereocenters. The summed E-state index contributed by atoms with van der Waals surface area (Å²) in [6, 6.07) is 2.89. The maximum atomic E-state index is 13.2. The van der Waals surface area contributed by atoms with Crippen molar-refractivity contribution in [3.8, 4) is 0 Å². The van der Waals surface area contributed by atoms with Gasteiger partial charge in [0.2, 0.25) is 5.91 Å². The number of nitrogens with one attached hydrogen (secondary N) is 1. The maximum Gasteiger partial charge on any atom is 0.238 e. The zero-order chi connectivity index (χ0) is 15.5. The van der Waals surface area contributed by atoms with Gasteiger partial charge in [0.25, 0.3) is 0 Å². The molecule has 20 heavy (non-hydrogen) atoms. The number of benzene rings is 1. The highest BCUT2D eigenvalue weighted by Crippen LogP contribution is 2.20. The summed E-state index contributed by atoms with van der Waals surface area (Å²) >= 11 is 0. The number of carbonyl (C=O) groups excluding carboxylic acids is 1. The van der Waals surface area contributed by atoms with Crippen molar-refractivity contribution < 1.29 is 17.6 Å². The summed E-state index contributed by atoms with van der Waals surface area (Å²) in [6.45, 7) is 4.92. The molecule has 0 aromatic heterocycles. The third kappa shape index (κ3) is 3.69. The highest BCUT2D eigenvalue weighted by Gasteiger charge is 2.30. The highest BCUT2D eigenvalue weighted by molar-refractivity contribution is 7.92. The van der Waals surface area contributed by atoms with Crippen LogP contribution in [0.5, 0.6) is 0 Å². The molecular weight excluding hydrogens is 283 g/mol. The molecule has 0 saturated carbocycles. The molecule has 0 aliphatic carbocycles. The van der Waals surface area contributed by atoms with Gasteiger partial charge in [-0.2, -0.15) is 0 Å². The molecule has 1 aromatic carbocycles. The molecule has 0 fully saturated rings. The largest absolute Gasteiger partial charge is 0.399 e. The highest BCUT2D eigenvalue weighted by atomic mass is 32.2. The van der Waals surface area contributed by atoms with Crippen LogP contribution in [0.1, 0.15) is 27.2 Å². The number of rotatable bonds is 5. The average Bonchev–Trinajstić information content (AvgIpc) is 2.36. The first-order chi connectivity index (χ1) is 9.18. The normalized spacial score (nSPS) is 14.6. The van der Waals surface area contributed by atoms with E-state index >= 15 is 0 Å². The molecule has 3 N–H and O–H groups in total. The number of hydrogen-bond acceptors (Lipinski definition) is 4. The molecule has 1 amide bonds. The second kappa shape index (κ2) is 6.21. The van der Waals surface area contributed by atoms with E-state index in [4.69, 9.17) is 5.73 Å². The molecule has 5 nitrogen and oxygen atoms in total. The van der Waals surface area contributed by atoms with Crippen molar-refractivity contribution in [3.05, 3.63) is 24.0 Å². The monoisotopic (exact) mass is 302 g/mol. The van der Waals surface area contributed by atoms with Crippen molar-refractivity contribution >= 4 is 21.4 Å². The lowest BCUT2D eigenvalue weighted by atomic mass is 10.2. The van der Waals surface area contributed by atoms with Gasteiger partial charge in [0.15, 0.2) is 9.84 Å². The van der Waals surface area contributed by atoms with Crippen LogP contribution in [-0.2, 0) is 14.6 Å². The average molecular weight is 302 g/mol. The molecule has 1 aromatic rings. The van der Waals surface area contributed by atoms with Crippen LogP contribution in [0.3, 0.4) is 0 Å². The van der Waals surface area contributed by atoms with Crippen LogP contribution in [0.25, 0.3) is 0 Å². The summed E-state index contributed by atoms with van der Waals surface area (Å²) in [4.78, 5) is 11.6. The van der Waals surface area contributed by atoms with Crippen molar-refractivity contribution in [2.24, 2.45) is 0 Å². The van der Waals surface area contributed by atoms with E-state index in [0.29, 0.717) is 6.42 Å². The van der Waals surface area contributed by atoms with Crippen LogP contribution >= 0.6 is 0 Å². The van der Waals surface area contributed by atoms with Crippen LogP contribution in [0.15, 0.2) is 23.1 Å². The second-order valence-corrected chi connectivity index (χ2v) is 6.99.